The summed E-state index contributed by atoms with van der Waals surface area (Å²) < 4.78 is 1.42. The molecule has 0 saturated heterocycles. The minimum absolute atomic E-state index is 0. The van der Waals surface area contributed by atoms with E-state index in [1.807, 2.05) is 0 Å². The Balaban J connectivity index is 0.000000341. The molecule has 0 radical (unpaired) electrons. The minimum atomic E-state index is 0. The van der Waals surface area contributed by atoms with E-state index >= 15 is 0 Å². The van der Waals surface area contributed by atoms with E-state index < -0.39 is 0 Å². The molecule has 0 heterocycles. The van der Waals surface area contributed by atoms with Gasteiger partial charge in [0.2, 0.25) is 0 Å². The van der Waals surface area contributed by atoms with Crippen LogP contribution in [0.5, 0.6) is 0 Å². The molecule has 0 aromatic heterocycles. The monoisotopic (exact) mass is 392 g/mol. The topological polar surface area (TPSA) is 0 Å². The molecule has 0 bridgehead atoms. The van der Waals surface area contributed by atoms with E-state index in [-0.39, 0.29) is 24.8 Å². The van der Waals surface area contributed by atoms with E-state index in [4.69, 9.17) is 0 Å². The van der Waals surface area contributed by atoms with Crippen LogP contribution in [0.4, 0.5) is 0 Å². The first kappa shape index (κ1) is 22.8. The van der Waals surface area contributed by atoms with Gasteiger partial charge in [0.1, 0.15) is 0 Å². The van der Waals surface area contributed by atoms with E-state index in [0.29, 0.717) is 0 Å². The van der Waals surface area contributed by atoms with Crippen LogP contribution in [-0.2, 0) is 20.0 Å². The average molecular weight is 393 g/mol. The zero-order valence-electron chi connectivity index (χ0n) is 13.9. The molecule has 124 valence electrons. The second-order valence-corrected chi connectivity index (χ2v) is 6.87. The maximum Gasteiger partial charge on any atom is -0.0809 e. The van der Waals surface area contributed by atoms with E-state index in [1.165, 1.54) is 25.4 Å². The van der Waals surface area contributed by atoms with Gasteiger partial charge < -0.3 is 0 Å². The molecule has 0 atom stereocenters. The van der Waals surface area contributed by atoms with Crippen molar-refractivity contribution in [1.82, 2.24) is 0 Å². The second kappa shape index (κ2) is 12.2. The maximum atomic E-state index is 2.12. The first-order valence-corrected chi connectivity index (χ1v) is 8.17. The summed E-state index contributed by atoms with van der Waals surface area (Å²) in [5.74, 6) is 0. The van der Waals surface area contributed by atoms with Gasteiger partial charge in [-0.05, 0) is 0 Å². The number of fused-ring (bicyclic) bond motifs is 2. The van der Waals surface area contributed by atoms with Crippen LogP contribution in [0.25, 0.3) is 21.5 Å². The standard InChI is InChI=1S/2C9H7.C3H6.2ClH.Ti/c2*1-2-5-9-7-3-6-8(9)4-1;1-3-2;;;/h2*1-7H;1-2H3;2*1H;/q2*-1;;;;+2. The van der Waals surface area contributed by atoms with E-state index in [2.05, 4.69) is 119 Å². The third kappa shape index (κ3) is 7.60. The van der Waals surface area contributed by atoms with Crippen LogP contribution in [0.3, 0.4) is 0 Å². The zero-order valence-corrected chi connectivity index (χ0v) is 17.1. The molecular formula is C21H22Cl2Ti. The Bertz CT molecular complexity index is 712. The fourth-order valence-electron chi connectivity index (χ4n) is 2.14. The molecule has 0 amide bonds. The fourth-order valence-corrected chi connectivity index (χ4v) is 2.14. The summed E-state index contributed by atoms with van der Waals surface area (Å²) in [7, 11) is 0. The molecule has 0 fully saturated rings. The Morgan fingerprint density at radius 3 is 1.33 bits per heavy atom. The van der Waals surface area contributed by atoms with Crippen LogP contribution < -0.4 is 0 Å². The zero-order chi connectivity index (χ0) is 15.8. The van der Waals surface area contributed by atoms with Crippen molar-refractivity contribution in [3.8, 4) is 0 Å². The van der Waals surface area contributed by atoms with Crippen molar-refractivity contribution in [2.45, 2.75) is 13.8 Å². The summed E-state index contributed by atoms with van der Waals surface area (Å²) in [6.45, 7) is 4.17. The minimum Gasteiger partial charge on any atom is -0.168 e. The Kier molecular flexibility index (Phi) is 11.6. The first-order valence-electron chi connectivity index (χ1n) is 7.39. The Morgan fingerprint density at radius 1 is 0.667 bits per heavy atom. The van der Waals surface area contributed by atoms with Gasteiger partial charge in [0, 0.05) is 0 Å². The number of hydrogen-bond donors (Lipinski definition) is 0. The average Bonchev–Trinajstić information content (AvgIpc) is 3.16. The van der Waals surface area contributed by atoms with Gasteiger partial charge in [-0.15, -0.1) is 84.1 Å². The van der Waals surface area contributed by atoms with Gasteiger partial charge in [0.05, 0.1) is 0 Å². The molecule has 0 saturated carbocycles. The maximum absolute atomic E-state index is 2.12. The molecule has 4 rings (SSSR count). The van der Waals surface area contributed by atoms with Gasteiger partial charge in [-0.25, -0.2) is 0 Å². The largest absolute Gasteiger partial charge is 0.168 e. The van der Waals surface area contributed by atoms with Crippen LogP contribution in [-0.4, -0.2) is 3.81 Å². The van der Waals surface area contributed by atoms with Gasteiger partial charge in [-0.2, -0.15) is 35.0 Å². The Morgan fingerprint density at radius 2 is 1.00 bits per heavy atom. The third-order valence-electron chi connectivity index (χ3n) is 3.10. The fraction of sp³-hybridized carbons (Fsp3) is 0.0952. The predicted octanol–water partition coefficient (Wildman–Crippen LogP) is 6.71. The molecule has 0 aliphatic rings. The Hall–Kier alpha value is -1.18. The van der Waals surface area contributed by atoms with Crippen LogP contribution in [0, 0.1) is 0 Å². The first-order chi connectivity index (χ1) is 10.7. The molecule has 0 spiro atoms. The summed E-state index contributed by atoms with van der Waals surface area (Å²) in [5.41, 5.74) is 0. The summed E-state index contributed by atoms with van der Waals surface area (Å²) in [4.78, 5) is 0. The smallest absolute Gasteiger partial charge is 0.0809 e. The molecule has 0 nitrogen and oxygen atoms in total. The Labute approximate surface area is 168 Å². The predicted molar refractivity (Wildman–Crippen MR) is 110 cm³/mol. The summed E-state index contributed by atoms with van der Waals surface area (Å²) in [6, 6.07) is 29.3. The van der Waals surface area contributed by atoms with Crippen molar-refractivity contribution in [3.63, 3.8) is 0 Å². The molecule has 4 aromatic carbocycles. The van der Waals surface area contributed by atoms with Gasteiger partial charge in [0.25, 0.3) is 0 Å². The van der Waals surface area contributed by atoms with Crippen molar-refractivity contribution in [3.05, 3.63) is 84.9 Å². The second-order valence-electron chi connectivity index (χ2n) is 5.31. The van der Waals surface area contributed by atoms with Crippen LogP contribution in [0.2, 0.25) is 0 Å². The number of hydrogen-bond acceptors (Lipinski definition) is 0. The molecule has 3 heteroatoms. The van der Waals surface area contributed by atoms with Gasteiger partial charge in [-0.1, -0.05) is 12.1 Å². The van der Waals surface area contributed by atoms with Crippen molar-refractivity contribution in [2.75, 3.05) is 0 Å². The summed E-state index contributed by atoms with van der Waals surface area (Å²) >= 11 is 2.08. The normalized spacial score (nSPS) is 8.83. The summed E-state index contributed by atoms with van der Waals surface area (Å²) in [5, 5.41) is 5.32. The quantitative estimate of drug-likeness (QED) is 0.230. The molecule has 4 aromatic rings. The van der Waals surface area contributed by atoms with Crippen LogP contribution >= 0.6 is 24.8 Å². The SMILES string of the molecule is C[C](C)=[Ti+2].Cl.Cl.c1ccc2[cH-]ccc2c1.c1ccc2[cH-]ccc2c1. The number of halogens is 2. The van der Waals surface area contributed by atoms with Crippen molar-refractivity contribution < 1.29 is 20.0 Å². The molecule has 0 unspecified atom stereocenters. The van der Waals surface area contributed by atoms with Gasteiger partial charge in [0.15, 0.2) is 0 Å². The molecular weight excluding hydrogens is 371 g/mol. The number of benzene rings is 2. The summed E-state index contributed by atoms with van der Waals surface area (Å²) in [6.07, 6.45) is 0. The van der Waals surface area contributed by atoms with Crippen LogP contribution in [0.1, 0.15) is 13.8 Å². The van der Waals surface area contributed by atoms with Crippen molar-refractivity contribution in [1.29, 1.82) is 0 Å². The molecule has 0 N–H and O–H groups in total. The van der Waals surface area contributed by atoms with Crippen molar-refractivity contribution in [2.24, 2.45) is 0 Å². The molecule has 0 aliphatic heterocycles. The van der Waals surface area contributed by atoms with E-state index in [1.54, 1.807) is 0 Å². The van der Waals surface area contributed by atoms with Crippen molar-refractivity contribution >= 4 is 50.2 Å². The van der Waals surface area contributed by atoms with Gasteiger partial charge >= 0.3 is 37.6 Å². The number of rotatable bonds is 0. The van der Waals surface area contributed by atoms with E-state index in [9.17, 15) is 0 Å². The van der Waals surface area contributed by atoms with Crippen LogP contribution in [0.15, 0.2) is 84.9 Å². The van der Waals surface area contributed by atoms with E-state index in [0.717, 1.165) is 0 Å². The molecule has 0 aliphatic carbocycles. The third-order valence-corrected chi connectivity index (χ3v) is 3.10. The molecule has 24 heavy (non-hydrogen) atoms. The van der Waals surface area contributed by atoms with Gasteiger partial charge in [-0.3, -0.25) is 0 Å².